The number of halogens is 5. The van der Waals surface area contributed by atoms with E-state index in [2.05, 4.69) is 20.6 Å². The van der Waals surface area contributed by atoms with Crippen LogP contribution in [-0.4, -0.2) is 59.6 Å². The first-order valence-electron chi connectivity index (χ1n) is 12.8. The highest BCUT2D eigenvalue weighted by Crippen LogP contribution is 2.53. The Hall–Kier alpha value is -2.27. The van der Waals surface area contributed by atoms with Crippen molar-refractivity contribution in [2.45, 2.75) is 69.7 Å². The topological polar surface area (TPSA) is 73.3 Å². The molecule has 2 heterocycles. The Morgan fingerprint density at radius 1 is 1.03 bits per heavy atom. The molecule has 3 N–H and O–H groups in total. The van der Waals surface area contributed by atoms with Crippen molar-refractivity contribution in [3.05, 3.63) is 23.8 Å². The molecule has 2 saturated carbocycles. The second-order valence-corrected chi connectivity index (χ2v) is 10.6. The van der Waals surface area contributed by atoms with Crippen LogP contribution in [0.1, 0.15) is 51.4 Å². The van der Waals surface area contributed by atoms with E-state index in [-0.39, 0.29) is 34.2 Å². The molecule has 3 aliphatic rings. The van der Waals surface area contributed by atoms with E-state index in [1.54, 1.807) is 0 Å². The van der Waals surface area contributed by atoms with Crippen LogP contribution in [0.4, 0.5) is 33.7 Å². The number of rotatable bonds is 6. The van der Waals surface area contributed by atoms with Crippen LogP contribution in [0.15, 0.2) is 12.1 Å². The molecule has 2 aromatic rings. The summed E-state index contributed by atoms with van der Waals surface area (Å²) in [5.41, 5.74) is 0.00887. The van der Waals surface area contributed by atoms with Crippen molar-refractivity contribution in [1.82, 2.24) is 15.3 Å². The zero-order valence-electron chi connectivity index (χ0n) is 20.1. The van der Waals surface area contributed by atoms with Crippen LogP contribution in [0.25, 0.3) is 10.9 Å². The van der Waals surface area contributed by atoms with Gasteiger partial charge in [-0.1, -0.05) is 12.8 Å². The van der Waals surface area contributed by atoms with E-state index < -0.39 is 30.5 Å². The highest BCUT2D eigenvalue weighted by Gasteiger charge is 2.48. The molecule has 1 saturated heterocycles. The van der Waals surface area contributed by atoms with Gasteiger partial charge in [0.2, 0.25) is 5.95 Å². The summed E-state index contributed by atoms with van der Waals surface area (Å²) < 4.78 is 66.5. The predicted molar refractivity (Wildman–Crippen MR) is 127 cm³/mol. The summed E-state index contributed by atoms with van der Waals surface area (Å²) in [4.78, 5) is 10.7. The summed E-state index contributed by atoms with van der Waals surface area (Å²) in [5, 5.41) is 16.9. The Bertz CT molecular complexity index is 1080. The lowest BCUT2D eigenvalue weighted by Gasteiger charge is -2.51. The molecular weight excluding hydrogens is 481 g/mol. The minimum Gasteiger partial charge on any atom is -0.392 e. The predicted octanol–water partition coefficient (Wildman–Crippen LogP) is 4.77. The molecule has 5 rings (SSSR count). The van der Waals surface area contributed by atoms with Crippen LogP contribution in [0.2, 0.25) is 0 Å². The third-order valence-electron chi connectivity index (χ3n) is 8.28. The van der Waals surface area contributed by atoms with E-state index in [1.165, 1.54) is 6.07 Å². The van der Waals surface area contributed by atoms with Gasteiger partial charge < -0.3 is 20.6 Å². The molecule has 36 heavy (non-hydrogen) atoms. The zero-order chi connectivity index (χ0) is 25.5. The quantitative estimate of drug-likeness (QED) is 0.484. The largest absolute Gasteiger partial charge is 0.401 e. The van der Waals surface area contributed by atoms with E-state index >= 15 is 0 Å². The van der Waals surface area contributed by atoms with Gasteiger partial charge in [0.25, 0.3) is 0 Å². The van der Waals surface area contributed by atoms with E-state index in [4.69, 9.17) is 0 Å². The average Bonchev–Trinajstić information content (AvgIpc) is 2.81. The summed E-state index contributed by atoms with van der Waals surface area (Å²) >= 11 is 0. The van der Waals surface area contributed by atoms with Gasteiger partial charge in [0.15, 0.2) is 5.82 Å². The number of fused-ring (bicyclic) bond motifs is 1. The Labute approximate surface area is 206 Å². The lowest BCUT2D eigenvalue weighted by Crippen LogP contribution is -2.49. The van der Waals surface area contributed by atoms with Gasteiger partial charge in [0.1, 0.15) is 17.2 Å². The van der Waals surface area contributed by atoms with Crippen molar-refractivity contribution in [2.75, 3.05) is 36.4 Å². The number of alkyl halides is 3. The van der Waals surface area contributed by atoms with E-state index in [1.807, 2.05) is 4.90 Å². The third kappa shape index (κ3) is 5.22. The lowest BCUT2D eigenvalue weighted by atomic mass is 9.56. The van der Waals surface area contributed by atoms with Crippen LogP contribution in [0, 0.1) is 23.0 Å². The molecule has 1 aromatic carbocycles. The van der Waals surface area contributed by atoms with Crippen molar-refractivity contribution in [3.8, 4) is 0 Å². The van der Waals surface area contributed by atoms with Crippen molar-refractivity contribution in [3.63, 3.8) is 0 Å². The van der Waals surface area contributed by atoms with Gasteiger partial charge in [-0.25, -0.2) is 13.8 Å². The Morgan fingerprint density at radius 2 is 1.75 bits per heavy atom. The second kappa shape index (κ2) is 9.89. The maximum absolute atomic E-state index is 14.7. The first-order valence-corrected chi connectivity index (χ1v) is 12.8. The monoisotopic (exact) mass is 513 g/mol. The second-order valence-electron chi connectivity index (χ2n) is 10.6. The van der Waals surface area contributed by atoms with Crippen molar-refractivity contribution in [2.24, 2.45) is 11.3 Å². The number of aliphatic hydroxyl groups excluding tert-OH is 1. The van der Waals surface area contributed by atoms with Crippen LogP contribution in [0.5, 0.6) is 0 Å². The number of piperidine rings is 1. The molecule has 1 spiro atoms. The molecule has 2 unspecified atom stereocenters. The van der Waals surface area contributed by atoms with Gasteiger partial charge in [-0.2, -0.15) is 18.2 Å². The van der Waals surface area contributed by atoms with E-state index in [0.29, 0.717) is 38.3 Å². The van der Waals surface area contributed by atoms with Crippen LogP contribution < -0.4 is 15.5 Å². The summed E-state index contributed by atoms with van der Waals surface area (Å²) in [6.07, 6.45) is 2.43. The Morgan fingerprint density at radius 3 is 2.42 bits per heavy atom. The third-order valence-corrected chi connectivity index (χ3v) is 8.28. The fourth-order valence-corrected chi connectivity index (χ4v) is 6.15. The molecule has 2 aliphatic carbocycles. The van der Waals surface area contributed by atoms with Gasteiger partial charge in [-0.3, -0.25) is 0 Å². The molecule has 198 valence electrons. The first-order chi connectivity index (χ1) is 17.1. The van der Waals surface area contributed by atoms with Crippen molar-refractivity contribution in [1.29, 1.82) is 0 Å². The summed E-state index contributed by atoms with van der Waals surface area (Å²) in [5.74, 6) is -0.959. The number of benzene rings is 1. The summed E-state index contributed by atoms with van der Waals surface area (Å²) in [7, 11) is 0. The Kier molecular flexibility index (Phi) is 6.97. The molecule has 1 aromatic heterocycles. The lowest BCUT2D eigenvalue weighted by molar-refractivity contribution is -0.126. The molecule has 6 nitrogen and oxygen atoms in total. The summed E-state index contributed by atoms with van der Waals surface area (Å²) in [6.45, 7) is 0.180. The maximum Gasteiger partial charge on any atom is 0.401 e. The van der Waals surface area contributed by atoms with E-state index in [0.717, 1.165) is 44.6 Å². The number of nitrogens with one attached hydrogen (secondary N) is 2. The SMILES string of the molecule is OC1C(CNc2nc(N3CCC(NCC(F)(F)F)CC3)c3cc(F)cc(F)c3n2)CCCC12CCC2. The maximum atomic E-state index is 14.7. The standard InChI is InChI=1S/C25H32F5N5O/c26-16-11-18-20(19(27)12-16)33-23(31-13-15-3-1-6-24(21(15)36)7-2-8-24)34-22(18)35-9-4-17(5-10-35)32-14-25(28,29)30/h11-12,15,17,21,32,36H,1-10,13-14H2,(H,31,33,34). The van der Waals surface area contributed by atoms with Gasteiger partial charge in [0.05, 0.1) is 12.6 Å². The van der Waals surface area contributed by atoms with E-state index in [9.17, 15) is 27.1 Å². The number of hydrogen-bond donors (Lipinski definition) is 3. The molecular formula is C25H32F5N5O. The molecule has 2 atom stereocenters. The number of anilines is 2. The van der Waals surface area contributed by atoms with Gasteiger partial charge >= 0.3 is 6.18 Å². The van der Waals surface area contributed by atoms with Gasteiger partial charge in [-0.05, 0) is 50.0 Å². The summed E-state index contributed by atoms with van der Waals surface area (Å²) in [6, 6.07) is 1.67. The minimum atomic E-state index is -4.28. The number of aliphatic hydroxyl groups is 1. The first kappa shape index (κ1) is 25.4. The highest BCUT2D eigenvalue weighted by atomic mass is 19.4. The number of aromatic nitrogens is 2. The van der Waals surface area contributed by atoms with Crippen molar-refractivity contribution < 1.29 is 27.1 Å². The van der Waals surface area contributed by atoms with Crippen molar-refractivity contribution >= 4 is 22.7 Å². The normalized spacial score (nSPS) is 24.8. The average molecular weight is 514 g/mol. The molecule has 0 radical (unpaired) electrons. The molecule has 0 amide bonds. The van der Waals surface area contributed by atoms with Gasteiger partial charge in [-0.15, -0.1) is 0 Å². The minimum absolute atomic E-state index is 0.0131. The zero-order valence-corrected chi connectivity index (χ0v) is 20.1. The fourth-order valence-electron chi connectivity index (χ4n) is 6.15. The smallest absolute Gasteiger partial charge is 0.392 e. The van der Waals surface area contributed by atoms with Crippen LogP contribution >= 0.6 is 0 Å². The van der Waals surface area contributed by atoms with Crippen LogP contribution in [-0.2, 0) is 0 Å². The molecule has 1 aliphatic heterocycles. The fraction of sp³-hybridized carbons (Fsp3) is 0.680. The molecule has 3 fully saturated rings. The number of hydrogen-bond acceptors (Lipinski definition) is 6. The van der Waals surface area contributed by atoms with Crippen LogP contribution in [0.3, 0.4) is 0 Å². The van der Waals surface area contributed by atoms with Gasteiger partial charge in [0, 0.05) is 43.0 Å². The highest BCUT2D eigenvalue weighted by molar-refractivity contribution is 5.91. The molecule has 0 bridgehead atoms. The molecule has 11 heteroatoms. The Balaban J connectivity index is 1.34. The number of nitrogens with zero attached hydrogens (tertiary/aromatic N) is 3.